The monoisotopic (exact) mass is 155 g/mol. The third-order valence-electron chi connectivity index (χ3n) is 1.11. The zero-order chi connectivity index (χ0) is 7.40. The Balaban J connectivity index is 2.69. The number of nitrogen functional groups attached to an aromatic ring is 1. The molecule has 0 aliphatic heterocycles. The molecular formula is C7H9NOS. The topological polar surface area (TPSA) is 35.2 Å². The summed E-state index contributed by atoms with van der Waals surface area (Å²) in [5, 5.41) is 0. The van der Waals surface area contributed by atoms with Crippen LogP contribution in [0.25, 0.3) is 0 Å². The molecule has 0 atom stereocenters. The van der Waals surface area contributed by atoms with Crippen LogP contribution in [0.3, 0.4) is 0 Å². The van der Waals surface area contributed by atoms with Gasteiger partial charge in [-0.05, 0) is 24.3 Å². The molecule has 3 heteroatoms. The molecule has 0 aliphatic rings. The molecule has 0 heterocycles. The van der Waals surface area contributed by atoms with E-state index in [1.54, 1.807) is 12.1 Å². The fraction of sp³-hybridized carbons (Fsp3) is 0.143. The second-order valence-corrected chi connectivity index (χ2v) is 2.10. The van der Waals surface area contributed by atoms with Crippen molar-refractivity contribution in [3.63, 3.8) is 0 Å². The van der Waals surface area contributed by atoms with Gasteiger partial charge in [0.1, 0.15) is 11.7 Å². The van der Waals surface area contributed by atoms with E-state index in [1.165, 1.54) is 0 Å². The zero-order valence-electron chi connectivity index (χ0n) is 5.45. The molecule has 0 radical (unpaired) electrons. The van der Waals surface area contributed by atoms with Crippen LogP contribution in [0.4, 0.5) is 5.69 Å². The largest absolute Gasteiger partial charge is 0.483 e. The van der Waals surface area contributed by atoms with E-state index in [0.29, 0.717) is 5.94 Å². The van der Waals surface area contributed by atoms with Crippen LogP contribution in [0.2, 0.25) is 0 Å². The van der Waals surface area contributed by atoms with E-state index in [1.807, 2.05) is 12.1 Å². The first-order chi connectivity index (χ1) is 4.83. The van der Waals surface area contributed by atoms with Crippen molar-refractivity contribution >= 4 is 18.3 Å². The molecule has 0 aliphatic carbocycles. The summed E-state index contributed by atoms with van der Waals surface area (Å²) in [6, 6.07) is 7.20. The standard InChI is InChI=1S/C7H9NOS/c8-6-1-3-7(4-2-6)9-5-10/h1-4,10H,5,8H2. The van der Waals surface area contributed by atoms with Crippen molar-refractivity contribution in [2.45, 2.75) is 0 Å². The Hall–Kier alpha value is -0.830. The second kappa shape index (κ2) is 3.37. The molecule has 0 unspecified atom stereocenters. The van der Waals surface area contributed by atoms with E-state index >= 15 is 0 Å². The minimum Gasteiger partial charge on any atom is -0.483 e. The minimum absolute atomic E-state index is 0.393. The predicted molar refractivity (Wildman–Crippen MR) is 45.3 cm³/mol. The summed E-state index contributed by atoms with van der Waals surface area (Å²) in [6.07, 6.45) is 0. The lowest BCUT2D eigenvalue weighted by molar-refractivity contribution is 0.395. The van der Waals surface area contributed by atoms with Crippen LogP contribution in [0.1, 0.15) is 0 Å². The Labute approximate surface area is 65.4 Å². The molecular weight excluding hydrogens is 146 g/mol. The molecule has 0 saturated heterocycles. The van der Waals surface area contributed by atoms with Crippen molar-refractivity contribution in [2.75, 3.05) is 11.7 Å². The predicted octanol–water partition coefficient (Wildman–Crippen LogP) is 1.53. The van der Waals surface area contributed by atoms with Crippen LogP contribution < -0.4 is 10.5 Å². The molecule has 1 aromatic rings. The lowest BCUT2D eigenvalue weighted by Gasteiger charge is -2.00. The van der Waals surface area contributed by atoms with Gasteiger partial charge in [-0.25, -0.2) is 0 Å². The summed E-state index contributed by atoms with van der Waals surface area (Å²) in [6.45, 7) is 0. The normalized spacial score (nSPS) is 9.30. The highest BCUT2D eigenvalue weighted by Crippen LogP contribution is 2.12. The first kappa shape index (κ1) is 7.28. The van der Waals surface area contributed by atoms with Crippen LogP contribution >= 0.6 is 12.6 Å². The number of thiol groups is 1. The number of benzene rings is 1. The molecule has 0 fully saturated rings. The van der Waals surface area contributed by atoms with Crippen molar-refractivity contribution in [2.24, 2.45) is 0 Å². The molecule has 0 aromatic heterocycles. The average Bonchev–Trinajstić information content (AvgIpc) is 1.95. The number of hydrogen-bond donors (Lipinski definition) is 2. The van der Waals surface area contributed by atoms with Gasteiger partial charge in [0.15, 0.2) is 0 Å². The third kappa shape index (κ3) is 1.84. The minimum atomic E-state index is 0.393. The van der Waals surface area contributed by atoms with E-state index in [9.17, 15) is 0 Å². The van der Waals surface area contributed by atoms with Gasteiger partial charge in [0, 0.05) is 5.69 Å². The van der Waals surface area contributed by atoms with Crippen molar-refractivity contribution < 1.29 is 4.74 Å². The van der Waals surface area contributed by atoms with Crippen LogP contribution in [-0.2, 0) is 0 Å². The maximum atomic E-state index is 5.45. The lowest BCUT2D eigenvalue weighted by atomic mass is 10.3. The fourth-order valence-electron chi connectivity index (χ4n) is 0.639. The molecule has 0 saturated carbocycles. The lowest BCUT2D eigenvalue weighted by Crippen LogP contribution is -1.89. The van der Waals surface area contributed by atoms with E-state index in [-0.39, 0.29) is 0 Å². The SMILES string of the molecule is Nc1ccc(OCS)cc1. The molecule has 1 rings (SSSR count). The molecule has 1 aromatic carbocycles. The van der Waals surface area contributed by atoms with Gasteiger partial charge in [-0.2, -0.15) is 0 Å². The maximum Gasteiger partial charge on any atom is 0.131 e. The quantitative estimate of drug-likeness (QED) is 0.386. The van der Waals surface area contributed by atoms with Gasteiger partial charge in [0.2, 0.25) is 0 Å². The van der Waals surface area contributed by atoms with Crippen LogP contribution in [-0.4, -0.2) is 5.94 Å². The summed E-state index contributed by atoms with van der Waals surface area (Å²) < 4.78 is 5.07. The molecule has 0 bridgehead atoms. The van der Waals surface area contributed by atoms with E-state index < -0.39 is 0 Å². The molecule has 10 heavy (non-hydrogen) atoms. The fourth-order valence-corrected chi connectivity index (χ4v) is 0.788. The first-order valence-electron chi connectivity index (χ1n) is 2.92. The number of anilines is 1. The second-order valence-electron chi connectivity index (χ2n) is 1.84. The van der Waals surface area contributed by atoms with Crippen molar-refractivity contribution in [1.29, 1.82) is 0 Å². The number of rotatable bonds is 2. The Kier molecular flexibility index (Phi) is 2.45. The third-order valence-corrected chi connectivity index (χ3v) is 1.24. The Morgan fingerprint density at radius 3 is 2.40 bits per heavy atom. The van der Waals surface area contributed by atoms with Gasteiger partial charge in [-0.15, -0.1) is 12.6 Å². The Morgan fingerprint density at radius 1 is 1.30 bits per heavy atom. The van der Waals surface area contributed by atoms with Gasteiger partial charge in [0.25, 0.3) is 0 Å². The summed E-state index contributed by atoms with van der Waals surface area (Å²) in [5.41, 5.74) is 6.19. The van der Waals surface area contributed by atoms with E-state index in [0.717, 1.165) is 11.4 Å². The van der Waals surface area contributed by atoms with E-state index in [4.69, 9.17) is 10.5 Å². The first-order valence-corrected chi connectivity index (χ1v) is 3.55. The van der Waals surface area contributed by atoms with Crippen molar-refractivity contribution in [3.8, 4) is 5.75 Å². The number of ether oxygens (including phenoxy) is 1. The highest BCUT2D eigenvalue weighted by Gasteiger charge is 1.88. The highest BCUT2D eigenvalue weighted by atomic mass is 32.1. The van der Waals surface area contributed by atoms with E-state index in [2.05, 4.69) is 12.6 Å². The van der Waals surface area contributed by atoms with Crippen LogP contribution in [0.15, 0.2) is 24.3 Å². The van der Waals surface area contributed by atoms with Gasteiger partial charge in [-0.1, -0.05) is 0 Å². The Morgan fingerprint density at radius 2 is 1.90 bits per heavy atom. The van der Waals surface area contributed by atoms with Crippen molar-refractivity contribution in [3.05, 3.63) is 24.3 Å². The summed E-state index contributed by atoms with van der Waals surface area (Å²) in [5.74, 6) is 1.19. The van der Waals surface area contributed by atoms with Crippen LogP contribution in [0.5, 0.6) is 5.75 Å². The zero-order valence-corrected chi connectivity index (χ0v) is 6.34. The smallest absolute Gasteiger partial charge is 0.131 e. The van der Waals surface area contributed by atoms with Gasteiger partial charge >= 0.3 is 0 Å². The highest BCUT2D eigenvalue weighted by molar-refractivity contribution is 7.80. The summed E-state index contributed by atoms with van der Waals surface area (Å²) >= 11 is 3.90. The molecule has 2 N–H and O–H groups in total. The van der Waals surface area contributed by atoms with Gasteiger partial charge in [-0.3, -0.25) is 0 Å². The average molecular weight is 155 g/mol. The number of hydrogen-bond acceptors (Lipinski definition) is 3. The molecule has 2 nitrogen and oxygen atoms in total. The molecule has 54 valence electrons. The summed E-state index contributed by atoms with van der Waals surface area (Å²) in [7, 11) is 0. The molecule has 0 spiro atoms. The molecule has 0 amide bonds. The number of nitrogens with two attached hydrogens (primary N) is 1. The van der Waals surface area contributed by atoms with Gasteiger partial charge in [0.05, 0.1) is 0 Å². The maximum absolute atomic E-state index is 5.45. The van der Waals surface area contributed by atoms with Crippen molar-refractivity contribution in [1.82, 2.24) is 0 Å². The van der Waals surface area contributed by atoms with Crippen LogP contribution in [0, 0.1) is 0 Å². The summed E-state index contributed by atoms with van der Waals surface area (Å²) in [4.78, 5) is 0. The Bertz CT molecular complexity index is 197. The van der Waals surface area contributed by atoms with Gasteiger partial charge < -0.3 is 10.5 Å².